The maximum absolute atomic E-state index is 13.8. The van der Waals surface area contributed by atoms with E-state index in [4.69, 9.17) is 0 Å². The normalized spacial score (nSPS) is 13.0. The number of aromatic nitrogens is 3. The zero-order valence-corrected chi connectivity index (χ0v) is 17.6. The molecule has 1 saturated carbocycles. The summed E-state index contributed by atoms with van der Waals surface area (Å²) >= 11 is 1.44. The zero-order chi connectivity index (χ0) is 22.1. The van der Waals surface area contributed by atoms with Crippen molar-refractivity contribution in [1.29, 1.82) is 0 Å². The summed E-state index contributed by atoms with van der Waals surface area (Å²) in [6.45, 7) is 0. The van der Waals surface area contributed by atoms with Gasteiger partial charge in [0.1, 0.15) is 5.82 Å². The smallest absolute Gasteiger partial charge is 0.295 e. The van der Waals surface area contributed by atoms with Crippen LogP contribution in [-0.4, -0.2) is 26.6 Å². The van der Waals surface area contributed by atoms with Gasteiger partial charge in [-0.2, -0.15) is 0 Å². The standard InChI is InChI=1S/C23H18FN5O2S/c24-15-4-1-7-18(12-15)29-21(19-8-3-11-32-19)27-20(28-29)23(31)26-17-6-2-5-16(13-17)25-22(30)14-9-10-14/h1-8,11-14H,9-10H2,(H,25,30)(H,26,31). The monoisotopic (exact) mass is 447 g/mol. The van der Waals surface area contributed by atoms with Crippen LogP contribution >= 0.6 is 11.3 Å². The van der Waals surface area contributed by atoms with E-state index in [0.29, 0.717) is 22.9 Å². The second-order valence-corrected chi connectivity index (χ2v) is 8.37. The Bertz CT molecular complexity index is 1300. The van der Waals surface area contributed by atoms with Gasteiger partial charge >= 0.3 is 0 Å². The second kappa shape index (κ2) is 8.35. The lowest BCUT2D eigenvalue weighted by Gasteiger charge is -2.07. The third kappa shape index (κ3) is 4.28. The van der Waals surface area contributed by atoms with E-state index in [2.05, 4.69) is 20.7 Å². The molecule has 2 aromatic carbocycles. The fourth-order valence-corrected chi connectivity index (χ4v) is 3.91. The molecule has 5 rings (SSSR count). The lowest BCUT2D eigenvalue weighted by Crippen LogP contribution is -2.16. The van der Waals surface area contributed by atoms with Gasteiger partial charge in [0.15, 0.2) is 5.82 Å². The molecule has 0 spiro atoms. The number of carbonyl (C=O) groups excluding carboxylic acids is 2. The van der Waals surface area contributed by atoms with Gasteiger partial charge in [0.2, 0.25) is 11.7 Å². The molecule has 2 N–H and O–H groups in total. The number of amides is 2. The average Bonchev–Trinajstić information content (AvgIpc) is 3.31. The van der Waals surface area contributed by atoms with Gasteiger partial charge in [-0.15, -0.1) is 16.4 Å². The Hall–Kier alpha value is -3.85. The van der Waals surface area contributed by atoms with E-state index in [1.807, 2.05) is 17.5 Å². The zero-order valence-electron chi connectivity index (χ0n) is 16.8. The third-order valence-corrected chi connectivity index (χ3v) is 5.81. The summed E-state index contributed by atoms with van der Waals surface area (Å²) in [4.78, 5) is 30.1. The first-order valence-corrected chi connectivity index (χ1v) is 10.9. The molecule has 2 amide bonds. The average molecular weight is 447 g/mol. The fourth-order valence-electron chi connectivity index (χ4n) is 3.21. The predicted octanol–water partition coefficient (Wildman–Crippen LogP) is 4.74. The van der Waals surface area contributed by atoms with Crippen molar-refractivity contribution in [2.75, 3.05) is 10.6 Å². The van der Waals surface area contributed by atoms with Crippen molar-refractivity contribution in [3.63, 3.8) is 0 Å². The summed E-state index contributed by atoms with van der Waals surface area (Å²) in [5, 5.41) is 11.9. The van der Waals surface area contributed by atoms with Crippen LogP contribution in [0.15, 0.2) is 66.0 Å². The van der Waals surface area contributed by atoms with Crippen molar-refractivity contribution in [1.82, 2.24) is 14.8 Å². The maximum Gasteiger partial charge on any atom is 0.295 e. The molecule has 160 valence electrons. The van der Waals surface area contributed by atoms with E-state index in [1.165, 1.54) is 28.2 Å². The summed E-state index contributed by atoms with van der Waals surface area (Å²) in [5.41, 5.74) is 1.57. The van der Waals surface area contributed by atoms with E-state index in [-0.39, 0.29) is 17.6 Å². The molecule has 0 radical (unpaired) electrons. The van der Waals surface area contributed by atoms with Crippen LogP contribution in [0.25, 0.3) is 16.4 Å². The van der Waals surface area contributed by atoms with Crippen molar-refractivity contribution in [2.24, 2.45) is 5.92 Å². The molecular formula is C23H18FN5O2S. The van der Waals surface area contributed by atoms with Crippen LogP contribution in [0.4, 0.5) is 15.8 Å². The summed E-state index contributed by atoms with van der Waals surface area (Å²) in [6, 6.07) is 16.6. The van der Waals surface area contributed by atoms with Crippen LogP contribution in [0.2, 0.25) is 0 Å². The highest BCUT2D eigenvalue weighted by molar-refractivity contribution is 7.13. The minimum Gasteiger partial charge on any atom is -0.326 e. The molecule has 0 saturated heterocycles. The Morgan fingerprint density at radius 2 is 1.78 bits per heavy atom. The number of nitrogens with zero attached hydrogens (tertiary/aromatic N) is 3. The van der Waals surface area contributed by atoms with Crippen molar-refractivity contribution in [3.05, 3.63) is 77.7 Å². The Morgan fingerprint density at radius 3 is 2.50 bits per heavy atom. The molecule has 2 aromatic heterocycles. The van der Waals surface area contributed by atoms with Crippen LogP contribution in [-0.2, 0) is 4.79 Å². The first-order valence-electron chi connectivity index (χ1n) is 10.1. The van der Waals surface area contributed by atoms with Crippen LogP contribution in [0.1, 0.15) is 23.5 Å². The highest BCUT2D eigenvalue weighted by Crippen LogP contribution is 2.30. The van der Waals surface area contributed by atoms with Crippen LogP contribution in [0, 0.1) is 11.7 Å². The van der Waals surface area contributed by atoms with Crippen molar-refractivity contribution >= 4 is 34.5 Å². The number of hydrogen-bond donors (Lipinski definition) is 2. The number of benzene rings is 2. The van der Waals surface area contributed by atoms with Crippen molar-refractivity contribution in [2.45, 2.75) is 12.8 Å². The molecule has 32 heavy (non-hydrogen) atoms. The number of hydrogen-bond acceptors (Lipinski definition) is 5. The van der Waals surface area contributed by atoms with Gasteiger partial charge < -0.3 is 10.6 Å². The third-order valence-electron chi connectivity index (χ3n) is 4.94. The van der Waals surface area contributed by atoms with Crippen molar-refractivity contribution < 1.29 is 14.0 Å². The molecule has 4 aromatic rings. The van der Waals surface area contributed by atoms with Gasteiger partial charge in [0, 0.05) is 17.3 Å². The number of carbonyl (C=O) groups is 2. The lowest BCUT2D eigenvalue weighted by molar-refractivity contribution is -0.117. The molecule has 0 bridgehead atoms. The highest BCUT2D eigenvalue weighted by atomic mass is 32.1. The molecule has 2 heterocycles. The summed E-state index contributed by atoms with van der Waals surface area (Å²) in [7, 11) is 0. The van der Waals surface area contributed by atoms with Gasteiger partial charge in [-0.3, -0.25) is 9.59 Å². The molecule has 1 aliphatic carbocycles. The Kier molecular flexibility index (Phi) is 5.24. The van der Waals surface area contributed by atoms with E-state index < -0.39 is 11.7 Å². The van der Waals surface area contributed by atoms with Gasteiger partial charge in [-0.25, -0.2) is 14.1 Å². The van der Waals surface area contributed by atoms with E-state index in [1.54, 1.807) is 36.4 Å². The molecule has 0 unspecified atom stereocenters. The predicted molar refractivity (Wildman–Crippen MR) is 120 cm³/mol. The van der Waals surface area contributed by atoms with Gasteiger partial charge in [-0.1, -0.05) is 18.2 Å². The van der Waals surface area contributed by atoms with Crippen LogP contribution in [0.3, 0.4) is 0 Å². The molecule has 0 aliphatic heterocycles. The Morgan fingerprint density at radius 1 is 1.00 bits per heavy atom. The quantitative estimate of drug-likeness (QED) is 0.447. The number of rotatable bonds is 6. The minimum absolute atomic E-state index is 0.00966. The number of nitrogens with one attached hydrogen (secondary N) is 2. The van der Waals surface area contributed by atoms with Gasteiger partial charge in [0.25, 0.3) is 5.91 Å². The summed E-state index contributed by atoms with van der Waals surface area (Å²) in [5.74, 6) is -0.453. The topological polar surface area (TPSA) is 88.9 Å². The summed E-state index contributed by atoms with van der Waals surface area (Å²) < 4.78 is 15.2. The summed E-state index contributed by atoms with van der Waals surface area (Å²) in [6.07, 6.45) is 1.82. The number of halogens is 1. The molecule has 1 fully saturated rings. The maximum atomic E-state index is 13.8. The SMILES string of the molecule is O=C(Nc1cccc(NC(=O)C2CC2)c1)c1nc(-c2cccs2)n(-c2cccc(F)c2)n1. The lowest BCUT2D eigenvalue weighted by atomic mass is 10.2. The fraction of sp³-hybridized carbons (Fsp3) is 0.130. The van der Waals surface area contributed by atoms with E-state index >= 15 is 0 Å². The Labute approximate surface area is 186 Å². The number of anilines is 2. The van der Waals surface area contributed by atoms with Crippen LogP contribution < -0.4 is 10.6 Å². The van der Waals surface area contributed by atoms with E-state index in [0.717, 1.165) is 17.7 Å². The van der Waals surface area contributed by atoms with E-state index in [9.17, 15) is 14.0 Å². The van der Waals surface area contributed by atoms with Gasteiger partial charge in [-0.05, 0) is 60.7 Å². The highest BCUT2D eigenvalue weighted by Gasteiger charge is 2.29. The largest absolute Gasteiger partial charge is 0.326 e. The van der Waals surface area contributed by atoms with Gasteiger partial charge in [0.05, 0.1) is 10.6 Å². The molecule has 0 atom stereocenters. The van der Waals surface area contributed by atoms with Crippen molar-refractivity contribution in [3.8, 4) is 16.4 Å². The molecule has 7 nitrogen and oxygen atoms in total. The van der Waals surface area contributed by atoms with Crippen LogP contribution in [0.5, 0.6) is 0 Å². The second-order valence-electron chi connectivity index (χ2n) is 7.43. The minimum atomic E-state index is -0.511. The first-order chi connectivity index (χ1) is 15.6. The first kappa shape index (κ1) is 20.1. The molecular weight excluding hydrogens is 429 g/mol. The number of thiophene rings is 1. The molecule has 9 heteroatoms. The Balaban J connectivity index is 1.42. The molecule has 1 aliphatic rings.